The van der Waals surface area contributed by atoms with Gasteiger partial charge in [-0.05, 0) is 51.4 Å². The molecule has 24 heavy (non-hydrogen) atoms. The van der Waals surface area contributed by atoms with Crippen molar-refractivity contribution in [3.8, 4) is 0 Å². The van der Waals surface area contributed by atoms with Gasteiger partial charge in [-0.25, -0.2) is 0 Å². The first-order valence-electron chi connectivity index (χ1n) is 10.3. The van der Waals surface area contributed by atoms with Crippen LogP contribution in [0.3, 0.4) is 0 Å². The van der Waals surface area contributed by atoms with Crippen LogP contribution in [0, 0.1) is 0 Å². The summed E-state index contributed by atoms with van der Waals surface area (Å²) in [6, 6.07) is 0. The molecule has 0 aromatic rings. The Morgan fingerprint density at radius 3 is 1.42 bits per heavy atom. The van der Waals surface area contributed by atoms with E-state index in [4.69, 9.17) is 5.11 Å². The van der Waals surface area contributed by atoms with Crippen LogP contribution in [0.25, 0.3) is 0 Å². The van der Waals surface area contributed by atoms with Crippen LogP contribution < -0.4 is 0 Å². The van der Waals surface area contributed by atoms with Crippen molar-refractivity contribution in [1.82, 2.24) is 0 Å². The van der Waals surface area contributed by atoms with E-state index in [1.807, 2.05) is 0 Å². The van der Waals surface area contributed by atoms with E-state index >= 15 is 0 Å². The molecular formula is C22H40O2. The number of carboxylic acid groups (broad SMARTS) is 1. The molecule has 0 aromatic carbocycles. The molecule has 0 spiro atoms. The number of hydrogen-bond donors (Lipinski definition) is 1. The zero-order chi connectivity index (χ0) is 17.7. The standard InChI is InChI=1S/C22H40O2/c1-2-3-4-5-6-7-8-9-10-11-12-13-14-15-16-17-18-19-20-21-22(23)24/h5-6,15-16H,2-4,7-14,17-21H2,1H3,(H,23,24). The Morgan fingerprint density at radius 1 is 0.625 bits per heavy atom. The van der Waals surface area contributed by atoms with Crippen molar-refractivity contribution in [2.75, 3.05) is 0 Å². The number of hydrogen-bond acceptors (Lipinski definition) is 1. The summed E-state index contributed by atoms with van der Waals surface area (Å²) < 4.78 is 0. The third kappa shape index (κ3) is 20.9. The molecule has 0 aliphatic rings. The summed E-state index contributed by atoms with van der Waals surface area (Å²) in [6.45, 7) is 2.24. The molecule has 0 saturated carbocycles. The second-order valence-electron chi connectivity index (χ2n) is 6.78. The van der Waals surface area contributed by atoms with Crippen LogP contribution in [0.1, 0.15) is 110 Å². The molecule has 0 aromatic heterocycles. The molecule has 0 aliphatic carbocycles. The Morgan fingerprint density at radius 2 is 1.00 bits per heavy atom. The zero-order valence-electron chi connectivity index (χ0n) is 16.0. The quantitative estimate of drug-likeness (QED) is 0.208. The predicted molar refractivity (Wildman–Crippen MR) is 105 cm³/mol. The fourth-order valence-electron chi connectivity index (χ4n) is 2.74. The maximum atomic E-state index is 10.4. The Balaban J connectivity index is 3.12. The van der Waals surface area contributed by atoms with Crippen molar-refractivity contribution >= 4 is 5.97 Å². The Kier molecular flexibility index (Phi) is 19.1. The molecule has 0 bridgehead atoms. The maximum Gasteiger partial charge on any atom is 0.303 e. The van der Waals surface area contributed by atoms with Crippen LogP contribution >= 0.6 is 0 Å². The van der Waals surface area contributed by atoms with Gasteiger partial charge in [0, 0.05) is 6.42 Å². The summed E-state index contributed by atoms with van der Waals surface area (Å²) in [5.74, 6) is -0.672. The SMILES string of the molecule is CCCCC=CCCCCCCCCC=CCCCCCC(=O)O. The predicted octanol–water partition coefficient (Wildman–Crippen LogP) is 7.44. The maximum absolute atomic E-state index is 10.4. The third-order valence-electron chi connectivity index (χ3n) is 4.31. The van der Waals surface area contributed by atoms with Gasteiger partial charge in [0.15, 0.2) is 0 Å². The second kappa shape index (κ2) is 20.0. The fourth-order valence-corrected chi connectivity index (χ4v) is 2.74. The minimum absolute atomic E-state index is 0.318. The molecule has 0 radical (unpaired) electrons. The van der Waals surface area contributed by atoms with E-state index in [2.05, 4.69) is 31.2 Å². The number of unbranched alkanes of at least 4 members (excludes halogenated alkanes) is 12. The number of aliphatic carboxylic acids is 1. The normalized spacial score (nSPS) is 11.7. The number of allylic oxidation sites excluding steroid dienone is 4. The highest BCUT2D eigenvalue weighted by molar-refractivity contribution is 5.66. The molecule has 0 saturated heterocycles. The summed E-state index contributed by atoms with van der Waals surface area (Å²) in [5.41, 5.74) is 0. The summed E-state index contributed by atoms with van der Waals surface area (Å²) >= 11 is 0. The minimum Gasteiger partial charge on any atom is -0.481 e. The zero-order valence-corrected chi connectivity index (χ0v) is 16.0. The first kappa shape index (κ1) is 22.9. The monoisotopic (exact) mass is 336 g/mol. The fraction of sp³-hybridized carbons (Fsp3) is 0.773. The molecule has 0 atom stereocenters. The molecule has 0 unspecified atom stereocenters. The van der Waals surface area contributed by atoms with E-state index < -0.39 is 5.97 Å². The lowest BCUT2D eigenvalue weighted by Gasteiger charge is -1.99. The lowest BCUT2D eigenvalue weighted by molar-refractivity contribution is -0.137. The first-order valence-corrected chi connectivity index (χ1v) is 10.3. The van der Waals surface area contributed by atoms with E-state index in [0.717, 1.165) is 25.7 Å². The highest BCUT2D eigenvalue weighted by Gasteiger charge is 1.95. The summed E-state index contributed by atoms with van der Waals surface area (Å²) in [7, 11) is 0. The van der Waals surface area contributed by atoms with Crippen LogP contribution in [0.2, 0.25) is 0 Å². The smallest absolute Gasteiger partial charge is 0.303 e. The average Bonchev–Trinajstić information content (AvgIpc) is 2.56. The van der Waals surface area contributed by atoms with Gasteiger partial charge in [0.2, 0.25) is 0 Å². The first-order chi connectivity index (χ1) is 11.8. The number of carboxylic acids is 1. The number of rotatable bonds is 18. The topological polar surface area (TPSA) is 37.3 Å². The van der Waals surface area contributed by atoms with Gasteiger partial charge in [0.1, 0.15) is 0 Å². The highest BCUT2D eigenvalue weighted by atomic mass is 16.4. The number of carbonyl (C=O) groups is 1. The van der Waals surface area contributed by atoms with Gasteiger partial charge in [0.25, 0.3) is 0 Å². The third-order valence-corrected chi connectivity index (χ3v) is 4.31. The van der Waals surface area contributed by atoms with Gasteiger partial charge in [-0.3, -0.25) is 4.79 Å². The molecule has 0 rings (SSSR count). The lowest BCUT2D eigenvalue weighted by atomic mass is 10.1. The van der Waals surface area contributed by atoms with Gasteiger partial charge in [0.05, 0.1) is 0 Å². The molecule has 0 aliphatic heterocycles. The van der Waals surface area contributed by atoms with Crippen LogP contribution in [0.15, 0.2) is 24.3 Å². The summed E-state index contributed by atoms with van der Waals surface area (Å²) in [6.07, 6.45) is 28.2. The van der Waals surface area contributed by atoms with E-state index in [0.29, 0.717) is 6.42 Å². The van der Waals surface area contributed by atoms with Crippen LogP contribution in [0.5, 0.6) is 0 Å². The van der Waals surface area contributed by atoms with Gasteiger partial charge in [-0.1, -0.05) is 76.2 Å². The molecule has 2 heteroatoms. The molecule has 1 N–H and O–H groups in total. The molecule has 2 nitrogen and oxygen atoms in total. The van der Waals surface area contributed by atoms with Gasteiger partial charge in [-0.15, -0.1) is 0 Å². The average molecular weight is 337 g/mol. The van der Waals surface area contributed by atoms with Gasteiger partial charge in [-0.2, -0.15) is 0 Å². The van der Waals surface area contributed by atoms with Crippen molar-refractivity contribution in [2.45, 2.75) is 110 Å². The molecule has 0 heterocycles. The molecule has 0 fully saturated rings. The van der Waals surface area contributed by atoms with Crippen molar-refractivity contribution in [3.05, 3.63) is 24.3 Å². The van der Waals surface area contributed by atoms with Crippen molar-refractivity contribution < 1.29 is 9.90 Å². The van der Waals surface area contributed by atoms with Crippen molar-refractivity contribution in [2.24, 2.45) is 0 Å². The van der Waals surface area contributed by atoms with Crippen LogP contribution in [-0.4, -0.2) is 11.1 Å². The van der Waals surface area contributed by atoms with E-state index in [1.165, 1.54) is 70.6 Å². The van der Waals surface area contributed by atoms with Crippen LogP contribution in [-0.2, 0) is 4.79 Å². The van der Waals surface area contributed by atoms with E-state index in [1.54, 1.807) is 0 Å². The highest BCUT2D eigenvalue weighted by Crippen LogP contribution is 2.10. The summed E-state index contributed by atoms with van der Waals surface area (Å²) in [5, 5.41) is 8.54. The Bertz CT molecular complexity index is 318. The lowest BCUT2D eigenvalue weighted by Crippen LogP contribution is -1.93. The summed E-state index contributed by atoms with van der Waals surface area (Å²) in [4.78, 5) is 10.4. The van der Waals surface area contributed by atoms with Crippen molar-refractivity contribution in [1.29, 1.82) is 0 Å². The minimum atomic E-state index is -0.672. The van der Waals surface area contributed by atoms with Gasteiger partial charge < -0.3 is 5.11 Å². The van der Waals surface area contributed by atoms with Gasteiger partial charge >= 0.3 is 5.97 Å². The van der Waals surface area contributed by atoms with Crippen molar-refractivity contribution in [3.63, 3.8) is 0 Å². The molecular weight excluding hydrogens is 296 g/mol. The Labute approximate surface area is 150 Å². The molecule has 0 amide bonds. The molecule has 140 valence electrons. The van der Waals surface area contributed by atoms with E-state index in [-0.39, 0.29) is 0 Å². The Hall–Kier alpha value is -1.05. The second-order valence-corrected chi connectivity index (χ2v) is 6.78. The largest absolute Gasteiger partial charge is 0.481 e. The van der Waals surface area contributed by atoms with Crippen LogP contribution in [0.4, 0.5) is 0 Å². The van der Waals surface area contributed by atoms with E-state index in [9.17, 15) is 4.79 Å².